The van der Waals surface area contributed by atoms with Crippen molar-refractivity contribution < 1.29 is 4.79 Å². The second-order valence-corrected chi connectivity index (χ2v) is 8.54. The van der Waals surface area contributed by atoms with Gasteiger partial charge in [-0.3, -0.25) is 4.79 Å². The minimum Gasteiger partial charge on any atom is -0.336 e. The molecule has 0 radical (unpaired) electrons. The van der Waals surface area contributed by atoms with Gasteiger partial charge in [-0.1, -0.05) is 31.7 Å². The zero-order valence-corrected chi connectivity index (χ0v) is 16.2. The Morgan fingerprint density at radius 2 is 2.17 bits per heavy atom. The van der Waals surface area contributed by atoms with Crippen LogP contribution in [0.2, 0.25) is 0 Å². The molecule has 5 nitrogen and oxygen atoms in total. The van der Waals surface area contributed by atoms with E-state index < -0.39 is 0 Å². The molecule has 0 bridgehead atoms. The molecule has 1 amide bonds. The molecular formula is C17H24N4OS2. The minimum atomic E-state index is 0.212. The molecule has 2 aromatic heterocycles. The summed E-state index contributed by atoms with van der Waals surface area (Å²) in [5, 5.41) is 11.3. The second kappa shape index (κ2) is 7.27. The van der Waals surface area contributed by atoms with Gasteiger partial charge in [0.05, 0.1) is 10.6 Å². The highest BCUT2D eigenvalue weighted by Crippen LogP contribution is 2.32. The summed E-state index contributed by atoms with van der Waals surface area (Å²) in [5.74, 6) is 1.96. The van der Waals surface area contributed by atoms with Crippen molar-refractivity contribution >= 4 is 29.0 Å². The molecule has 0 N–H and O–H groups in total. The predicted molar refractivity (Wildman–Crippen MR) is 99.2 cm³/mol. The highest BCUT2D eigenvalue weighted by atomic mass is 32.2. The Morgan fingerprint density at radius 1 is 1.42 bits per heavy atom. The largest absolute Gasteiger partial charge is 0.336 e. The van der Waals surface area contributed by atoms with Crippen molar-refractivity contribution in [1.29, 1.82) is 0 Å². The van der Waals surface area contributed by atoms with Gasteiger partial charge in [-0.15, -0.1) is 21.5 Å². The Balaban J connectivity index is 1.66. The highest BCUT2D eigenvalue weighted by molar-refractivity contribution is 7.99. The Kier molecular flexibility index (Phi) is 5.30. The number of thiophene rings is 1. The Morgan fingerprint density at radius 3 is 2.75 bits per heavy atom. The second-order valence-electron chi connectivity index (χ2n) is 6.65. The predicted octanol–water partition coefficient (Wildman–Crippen LogP) is 3.67. The fourth-order valence-electron chi connectivity index (χ4n) is 2.70. The van der Waals surface area contributed by atoms with Crippen LogP contribution in [0.4, 0.5) is 0 Å². The Hall–Kier alpha value is -1.34. The van der Waals surface area contributed by atoms with E-state index in [-0.39, 0.29) is 11.9 Å². The van der Waals surface area contributed by atoms with Crippen molar-refractivity contribution in [3.8, 4) is 10.7 Å². The summed E-state index contributed by atoms with van der Waals surface area (Å²) in [4.78, 5) is 15.9. The van der Waals surface area contributed by atoms with Crippen LogP contribution in [-0.4, -0.2) is 43.4 Å². The van der Waals surface area contributed by atoms with Crippen molar-refractivity contribution in [2.24, 2.45) is 13.0 Å². The van der Waals surface area contributed by atoms with Crippen LogP contribution in [0, 0.1) is 5.92 Å². The van der Waals surface area contributed by atoms with Crippen molar-refractivity contribution in [2.75, 3.05) is 5.75 Å². The lowest BCUT2D eigenvalue weighted by molar-refractivity contribution is -0.131. The van der Waals surface area contributed by atoms with Gasteiger partial charge in [-0.2, -0.15) is 0 Å². The number of carbonyl (C=O) groups is 1. The van der Waals surface area contributed by atoms with Gasteiger partial charge >= 0.3 is 0 Å². The highest BCUT2D eigenvalue weighted by Gasteiger charge is 2.36. The topological polar surface area (TPSA) is 51.0 Å². The number of aromatic nitrogens is 3. The zero-order chi connectivity index (χ0) is 17.3. The van der Waals surface area contributed by atoms with Gasteiger partial charge in [0, 0.05) is 19.1 Å². The maximum atomic E-state index is 12.7. The third-order valence-corrected chi connectivity index (χ3v) is 6.40. The molecule has 7 heteroatoms. The fourth-order valence-corrected chi connectivity index (χ4v) is 4.22. The maximum absolute atomic E-state index is 12.7. The summed E-state index contributed by atoms with van der Waals surface area (Å²) in [6, 6.07) is 4.77. The summed E-state index contributed by atoms with van der Waals surface area (Å²) < 4.78 is 1.97. The van der Waals surface area contributed by atoms with Crippen molar-refractivity contribution in [2.45, 2.75) is 50.9 Å². The molecule has 1 saturated carbocycles. The summed E-state index contributed by atoms with van der Waals surface area (Å²) in [6.07, 6.45) is 2.28. The quantitative estimate of drug-likeness (QED) is 0.704. The van der Waals surface area contributed by atoms with Gasteiger partial charge in [-0.05, 0) is 37.1 Å². The monoisotopic (exact) mass is 364 g/mol. The van der Waals surface area contributed by atoms with Crippen LogP contribution in [0.25, 0.3) is 10.7 Å². The van der Waals surface area contributed by atoms with Gasteiger partial charge in [0.25, 0.3) is 0 Å². The summed E-state index contributed by atoms with van der Waals surface area (Å²) in [7, 11) is 1.96. The van der Waals surface area contributed by atoms with Crippen molar-refractivity contribution in [3.63, 3.8) is 0 Å². The third kappa shape index (κ3) is 3.67. The Bertz CT molecular complexity index is 692. The van der Waals surface area contributed by atoms with Crippen LogP contribution in [-0.2, 0) is 11.8 Å². The van der Waals surface area contributed by atoms with Gasteiger partial charge in [-0.25, -0.2) is 0 Å². The fraction of sp³-hybridized carbons (Fsp3) is 0.588. The first-order chi connectivity index (χ1) is 11.5. The van der Waals surface area contributed by atoms with E-state index in [0.717, 1.165) is 28.7 Å². The number of hydrogen-bond donors (Lipinski definition) is 0. The Labute approximate surface area is 151 Å². The first kappa shape index (κ1) is 17.5. The van der Waals surface area contributed by atoms with E-state index in [0.29, 0.717) is 17.7 Å². The van der Waals surface area contributed by atoms with E-state index in [9.17, 15) is 4.79 Å². The van der Waals surface area contributed by atoms with Gasteiger partial charge in [0.2, 0.25) is 5.91 Å². The number of hydrogen-bond acceptors (Lipinski definition) is 5. The molecule has 1 atom stereocenters. The molecule has 1 unspecified atom stereocenters. The standard InChI is InChI=1S/C17H24N4OS2/c1-11(2)12(3)21(13-7-8-13)15(22)10-24-17-19-18-16(20(17)4)14-6-5-9-23-14/h5-6,9,11-13H,7-8,10H2,1-4H3. The molecule has 24 heavy (non-hydrogen) atoms. The summed E-state index contributed by atoms with van der Waals surface area (Å²) in [5.41, 5.74) is 0. The summed E-state index contributed by atoms with van der Waals surface area (Å²) >= 11 is 3.12. The van der Waals surface area contributed by atoms with E-state index in [1.807, 2.05) is 29.1 Å². The first-order valence-electron chi connectivity index (χ1n) is 8.36. The van der Waals surface area contributed by atoms with Crippen LogP contribution in [0.1, 0.15) is 33.6 Å². The lowest BCUT2D eigenvalue weighted by Crippen LogP contribution is -2.44. The molecule has 130 valence electrons. The minimum absolute atomic E-state index is 0.212. The molecule has 1 aliphatic rings. The maximum Gasteiger partial charge on any atom is 0.233 e. The lowest BCUT2D eigenvalue weighted by atomic mass is 10.0. The van der Waals surface area contributed by atoms with Crippen molar-refractivity contribution in [1.82, 2.24) is 19.7 Å². The van der Waals surface area contributed by atoms with Gasteiger partial charge in [0.1, 0.15) is 0 Å². The SMILES string of the molecule is CC(C)C(C)N(C(=O)CSc1nnc(-c2cccs2)n1C)C1CC1. The molecule has 0 aromatic carbocycles. The average molecular weight is 365 g/mol. The first-order valence-corrected chi connectivity index (χ1v) is 10.2. The lowest BCUT2D eigenvalue weighted by Gasteiger charge is -2.32. The molecule has 2 heterocycles. The molecule has 0 aliphatic heterocycles. The zero-order valence-electron chi connectivity index (χ0n) is 14.6. The molecule has 3 rings (SSSR count). The molecule has 1 fully saturated rings. The number of carbonyl (C=O) groups excluding carboxylic acids is 1. The van der Waals surface area contributed by atoms with Crippen molar-refractivity contribution in [3.05, 3.63) is 17.5 Å². The molecule has 0 saturated heterocycles. The van der Waals surface area contributed by atoms with E-state index >= 15 is 0 Å². The van der Waals surface area contributed by atoms with Crippen LogP contribution in [0.5, 0.6) is 0 Å². The number of amides is 1. The van der Waals surface area contributed by atoms with E-state index in [2.05, 4.69) is 35.9 Å². The van der Waals surface area contributed by atoms with Gasteiger partial charge < -0.3 is 9.47 Å². The average Bonchev–Trinajstić information content (AvgIpc) is 3.08. The van der Waals surface area contributed by atoms with Crippen LogP contribution >= 0.6 is 23.1 Å². The van der Waals surface area contributed by atoms with E-state index in [1.165, 1.54) is 11.8 Å². The third-order valence-electron chi connectivity index (χ3n) is 4.53. The molecule has 1 aliphatic carbocycles. The van der Waals surface area contributed by atoms with E-state index in [1.54, 1.807) is 11.3 Å². The van der Waals surface area contributed by atoms with Gasteiger partial charge in [0.15, 0.2) is 11.0 Å². The summed E-state index contributed by atoms with van der Waals surface area (Å²) in [6.45, 7) is 6.51. The van der Waals surface area contributed by atoms with E-state index in [4.69, 9.17) is 0 Å². The normalized spacial score (nSPS) is 15.7. The van der Waals surface area contributed by atoms with Crippen LogP contribution in [0.3, 0.4) is 0 Å². The molecule has 0 spiro atoms. The molecular weight excluding hydrogens is 340 g/mol. The van der Waals surface area contributed by atoms with Crippen LogP contribution in [0.15, 0.2) is 22.7 Å². The number of nitrogens with zero attached hydrogens (tertiary/aromatic N) is 4. The smallest absolute Gasteiger partial charge is 0.233 e. The molecule has 2 aromatic rings. The number of rotatable bonds is 7. The van der Waals surface area contributed by atoms with Crippen LogP contribution < -0.4 is 0 Å². The number of thioether (sulfide) groups is 1.